The van der Waals surface area contributed by atoms with E-state index in [0.717, 1.165) is 18.2 Å². The molecule has 1 aliphatic rings. The molecule has 2 aromatic rings. The van der Waals surface area contributed by atoms with Gasteiger partial charge >= 0.3 is 0 Å². The van der Waals surface area contributed by atoms with Crippen molar-refractivity contribution in [3.05, 3.63) is 52.8 Å². The van der Waals surface area contributed by atoms with Gasteiger partial charge in [-0.2, -0.15) is 0 Å². The summed E-state index contributed by atoms with van der Waals surface area (Å²) in [6.45, 7) is 0.127. The highest BCUT2D eigenvalue weighted by Gasteiger charge is 2.19. The topological polar surface area (TPSA) is 84.9 Å². The van der Waals surface area contributed by atoms with Gasteiger partial charge < -0.3 is 14.6 Å². The summed E-state index contributed by atoms with van der Waals surface area (Å²) >= 11 is 5.60. The number of hydrogen-bond acceptors (Lipinski definition) is 5. The highest BCUT2D eigenvalue weighted by molar-refractivity contribution is 7.89. The molecular formula is C16H15ClFNO5S. The van der Waals surface area contributed by atoms with Crippen LogP contribution >= 0.6 is 11.6 Å². The van der Waals surface area contributed by atoms with Gasteiger partial charge in [-0.05, 0) is 42.3 Å². The van der Waals surface area contributed by atoms with Crippen molar-refractivity contribution in [1.29, 1.82) is 0 Å². The van der Waals surface area contributed by atoms with Crippen molar-refractivity contribution in [3.8, 4) is 11.5 Å². The van der Waals surface area contributed by atoms with Crippen LogP contribution in [0.1, 0.15) is 18.1 Å². The molecule has 134 valence electrons. The number of halogens is 2. The highest BCUT2D eigenvalue weighted by Crippen LogP contribution is 2.34. The van der Waals surface area contributed by atoms with Crippen LogP contribution in [-0.4, -0.2) is 26.9 Å². The van der Waals surface area contributed by atoms with Crippen molar-refractivity contribution in [1.82, 2.24) is 4.72 Å². The third-order valence-corrected chi connectivity index (χ3v) is 5.44. The van der Waals surface area contributed by atoms with Gasteiger partial charge in [-0.25, -0.2) is 17.5 Å². The zero-order valence-electron chi connectivity index (χ0n) is 12.9. The molecule has 0 bridgehead atoms. The summed E-state index contributed by atoms with van der Waals surface area (Å²) in [5, 5.41) is 9.92. The smallest absolute Gasteiger partial charge is 0.240 e. The number of nitrogens with one attached hydrogen (secondary N) is 1. The number of fused-ring (bicyclic) bond motifs is 1. The first-order valence-electron chi connectivity index (χ1n) is 7.39. The zero-order chi connectivity index (χ0) is 18.0. The molecule has 0 aliphatic carbocycles. The quantitative estimate of drug-likeness (QED) is 0.795. The third kappa shape index (κ3) is 4.04. The van der Waals surface area contributed by atoms with E-state index in [1.807, 2.05) is 0 Å². The largest absolute Gasteiger partial charge is 0.454 e. The molecule has 3 rings (SSSR count). The van der Waals surface area contributed by atoms with E-state index in [0.29, 0.717) is 17.1 Å². The van der Waals surface area contributed by atoms with Crippen LogP contribution < -0.4 is 14.2 Å². The van der Waals surface area contributed by atoms with Gasteiger partial charge in [0.15, 0.2) is 11.5 Å². The highest BCUT2D eigenvalue weighted by atomic mass is 35.5. The Morgan fingerprint density at radius 1 is 1.20 bits per heavy atom. The average molecular weight is 388 g/mol. The van der Waals surface area contributed by atoms with E-state index in [2.05, 4.69) is 4.72 Å². The minimum Gasteiger partial charge on any atom is -0.454 e. The van der Waals surface area contributed by atoms with Crippen LogP contribution in [0.4, 0.5) is 4.39 Å². The molecule has 0 aromatic heterocycles. The number of hydrogen-bond donors (Lipinski definition) is 2. The van der Waals surface area contributed by atoms with Crippen LogP contribution in [0.2, 0.25) is 5.02 Å². The first kappa shape index (κ1) is 17.9. The molecule has 1 atom stereocenters. The molecule has 0 amide bonds. The molecule has 0 saturated heterocycles. The first-order chi connectivity index (χ1) is 11.9. The number of rotatable bonds is 6. The predicted octanol–water partition coefficient (Wildman–Crippen LogP) is 2.61. The van der Waals surface area contributed by atoms with E-state index in [9.17, 15) is 17.9 Å². The normalized spacial score (nSPS) is 14.5. The van der Waals surface area contributed by atoms with Crippen LogP contribution in [0, 0.1) is 5.82 Å². The zero-order valence-corrected chi connectivity index (χ0v) is 14.5. The number of aliphatic hydroxyl groups excluding tert-OH is 1. The Morgan fingerprint density at radius 2 is 1.96 bits per heavy atom. The summed E-state index contributed by atoms with van der Waals surface area (Å²) in [7, 11) is -3.84. The molecule has 0 spiro atoms. The monoisotopic (exact) mass is 387 g/mol. The second kappa shape index (κ2) is 7.17. The predicted molar refractivity (Wildman–Crippen MR) is 88.7 cm³/mol. The Balaban J connectivity index is 1.60. The average Bonchev–Trinajstić information content (AvgIpc) is 3.04. The molecule has 0 radical (unpaired) electrons. The summed E-state index contributed by atoms with van der Waals surface area (Å²) in [4.78, 5) is -0.142. The summed E-state index contributed by atoms with van der Waals surface area (Å²) < 4.78 is 50.2. The lowest BCUT2D eigenvalue weighted by molar-refractivity contribution is 0.166. The van der Waals surface area contributed by atoms with Crippen molar-refractivity contribution < 1.29 is 27.4 Å². The van der Waals surface area contributed by atoms with Crippen molar-refractivity contribution in [2.75, 3.05) is 13.3 Å². The maximum Gasteiger partial charge on any atom is 0.240 e. The van der Waals surface area contributed by atoms with Gasteiger partial charge in [0.1, 0.15) is 5.82 Å². The van der Waals surface area contributed by atoms with E-state index < -0.39 is 21.9 Å². The lowest BCUT2D eigenvalue weighted by Gasteiger charge is -2.13. The van der Waals surface area contributed by atoms with Gasteiger partial charge in [0, 0.05) is 6.54 Å². The molecule has 1 heterocycles. The van der Waals surface area contributed by atoms with Gasteiger partial charge in [0.2, 0.25) is 16.8 Å². The fourth-order valence-corrected chi connectivity index (χ4v) is 3.66. The van der Waals surface area contributed by atoms with E-state index >= 15 is 0 Å². The maximum absolute atomic E-state index is 13.1. The first-order valence-corrected chi connectivity index (χ1v) is 9.25. The molecule has 25 heavy (non-hydrogen) atoms. The maximum atomic E-state index is 13.1. The number of sulfonamides is 1. The lowest BCUT2D eigenvalue weighted by atomic mass is 10.1. The van der Waals surface area contributed by atoms with Gasteiger partial charge in [-0.3, -0.25) is 0 Å². The van der Waals surface area contributed by atoms with Crippen LogP contribution in [0.25, 0.3) is 0 Å². The second-order valence-corrected chi connectivity index (χ2v) is 7.57. The van der Waals surface area contributed by atoms with Crippen molar-refractivity contribution in [2.45, 2.75) is 17.4 Å². The molecule has 0 saturated carbocycles. The Kier molecular flexibility index (Phi) is 5.14. The van der Waals surface area contributed by atoms with Crippen LogP contribution in [0.3, 0.4) is 0 Å². The minimum absolute atomic E-state index is 0.00701. The van der Waals surface area contributed by atoms with E-state index in [4.69, 9.17) is 21.1 Å². The van der Waals surface area contributed by atoms with Crippen molar-refractivity contribution >= 4 is 21.6 Å². The summed E-state index contributed by atoms with van der Waals surface area (Å²) in [5.41, 5.74) is 0.591. The van der Waals surface area contributed by atoms with Crippen molar-refractivity contribution in [3.63, 3.8) is 0 Å². The summed E-state index contributed by atoms with van der Waals surface area (Å²) in [5.74, 6) is 0.446. The van der Waals surface area contributed by atoms with E-state index in [-0.39, 0.29) is 29.7 Å². The molecule has 1 unspecified atom stereocenters. The Bertz CT molecular complexity index is 890. The molecule has 9 heteroatoms. The van der Waals surface area contributed by atoms with Crippen molar-refractivity contribution in [2.24, 2.45) is 0 Å². The Morgan fingerprint density at radius 3 is 2.72 bits per heavy atom. The summed E-state index contributed by atoms with van der Waals surface area (Å²) in [6, 6.07) is 8.17. The molecule has 2 aromatic carbocycles. The molecule has 1 aliphatic heterocycles. The van der Waals surface area contributed by atoms with Gasteiger partial charge in [0.05, 0.1) is 16.0 Å². The molecule has 2 N–H and O–H groups in total. The standard InChI is InChI=1S/C16H15ClFNO5S/c17-12-8-11(2-3-13(12)18)25(21,22)19-6-5-14(20)10-1-4-15-16(7-10)24-9-23-15/h1-4,7-8,14,19-20H,5-6,9H2. The van der Waals surface area contributed by atoms with Crippen LogP contribution in [-0.2, 0) is 10.0 Å². The molecule has 0 fully saturated rings. The van der Waals surface area contributed by atoms with Gasteiger partial charge in [0.25, 0.3) is 0 Å². The number of aliphatic hydroxyl groups is 1. The van der Waals surface area contributed by atoms with E-state index in [1.54, 1.807) is 18.2 Å². The minimum atomic E-state index is -3.84. The van der Waals surface area contributed by atoms with Crippen LogP contribution in [0.5, 0.6) is 11.5 Å². The summed E-state index contributed by atoms with van der Waals surface area (Å²) in [6.07, 6.45) is -0.734. The Hall–Kier alpha value is -1.87. The lowest BCUT2D eigenvalue weighted by Crippen LogP contribution is -2.26. The number of benzene rings is 2. The van der Waals surface area contributed by atoms with Gasteiger partial charge in [-0.15, -0.1) is 0 Å². The van der Waals surface area contributed by atoms with Gasteiger partial charge in [-0.1, -0.05) is 17.7 Å². The second-order valence-electron chi connectivity index (χ2n) is 5.39. The fourth-order valence-electron chi connectivity index (χ4n) is 2.34. The third-order valence-electron chi connectivity index (χ3n) is 3.69. The van der Waals surface area contributed by atoms with Crippen LogP contribution in [0.15, 0.2) is 41.3 Å². The number of ether oxygens (including phenoxy) is 2. The molecular weight excluding hydrogens is 373 g/mol. The Labute approximate surface area is 149 Å². The SMILES string of the molecule is O=S(=O)(NCCC(O)c1ccc2c(c1)OCO2)c1ccc(F)c(Cl)c1. The molecule has 6 nitrogen and oxygen atoms in total. The fraction of sp³-hybridized carbons (Fsp3) is 0.250. The van der Waals surface area contributed by atoms with E-state index in [1.165, 1.54) is 0 Å².